The van der Waals surface area contributed by atoms with E-state index in [1.165, 1.54) is 10.2 Å². The van der Waals surface area contributed by atoms with Crippen molar-refractivity contribution in [2.45, 2.75) is 32.9 Å². The highest BCUT2D eigenvalue weighted by Gasteiger charge is 2.13. The van der Waals surface area contributed by atoms with Crippen LogP contribution in [0.15, 0.2) is 35.1 Å². The Morgan fingerprint density at radius 2 is 2.00 bits per heavy atom. The maximum atomic E-state index is 12.4. The lowest BCUT2D eigenvalue weighted by Gasteiger charge is -2.12. The van der Waals surface area contributed by atoms with Crippen LogP contribution in [0.25, 0.3) is 11.3 Å². The van der Waals surface area contributed by atoms with Crippen LogP contribution in [0.2, 0.25) is 0 Å². The van der Waals surface area contributed by atoms with Crippen molar-refractivity contribution >= 4 is 0 Å². The fraction of sp³-hybridized carbons (Fsp3) is 0.412. The third kappa shape index (κ3) is 3.61. The van der Waals surface area contributed by atoms with Gasteiger partial charge in [0, 0.05) is 24.3 Å². The van der Waals surface area contributed by atoms with Gasteiger partial charge in [-0.05, 0) is 25.0 Å². The molecule has 0 saturated heterocycles. The van der Waals surface area contributed by atoms with E-state index in [0.717, 1.165) is 17.7 Å². The summed E-state index contributed by atoms with van der Waals surface area (Å²) in [5.41, 5.74) is 9.35. The molecule has 1 aromatic heterocycles. The van der Waals surface area contributed by atoms with Crippen LogP contribution in [-0.4, -0.2) is 23.5 Å². The second kappa shape index (κ2) is 7.33. The third-order valence-corrected chi connectivity index (χ3v) is 3.66. The number of aryl methyl sites for hydroxylation is 1. The predicted octanol–water partition coefficient (Wildman–Crippen LogP) is 2.14. The SMILES string of the molecule is CCc1ccc(-c2cc(C(C)N)c(=O)n(CCOC)n2)cc1. The van der Waals surface area contributed by atoms with E-state index in [1.54, 1.807) is 20.1 Å². The predicted molar refractivity (Wildman–Crippen MR) is 87.8 cm³/mol. The summed E-state index contributed by atoms with van der Waals surface area (Å²) in [5.74, 6) is 0. The van der Waals surface area contributed by atoms with Gasteiger partial charge in [-0.1, -0.05) is 31.2 Å². The minimum absolute atomic E-state index is 0.152. The van der Waals surface area contributed by atoms with Gasteiger partial charge in [-0.2, -0.15) is 5.10 Å². The normalized spacial score (nSPS) is 12.4. The second-order valence-corrected chi connectivity index (χ2v) is 5.35. The molecule has 0 saturated carbocycles. The van der Waals surface area contributed by atoms with Crippen LogP contribution in [0, 0.1) is 0 Å². The largest absolute Gasteiger partial charge is 0.383 e. The van der Waals surface area contributed by atoms with Crippen molar-refractivity contribution < 1.29 is 4.74 Å². The highest BCUT2D eigenvalue weighted by atomic mass is 16.5. The summed E-state index contributed by atoms with van der Waals surface area (Å²) in [5, 5.41) is 4.45. The number of methoxy groups -OCH3 is 1. The zero-order chi connectivity index (χ0) is 16.1. The first-order valence-corrected chi connectivity index (χ1v) is 7.52. The summed E-state index contributed by atoms with van der Waals surface area (Å²) in [4.78, 5) is 12.4. The van der Waals surface area contributed by atoms with Crippen LogP contribution in [0.5, 0.6) is 0 Å². The molecule has 5 heteroatoms. The molecule has 118 valence electrons. The van der Waals surface area contributed by atoms with E-state index >= 15 is 0 Å². The van der Waals surface area contributed by atoms with E-state index in [-0.39, 0.29) is 11.6 Å². The highest BCUT2D eigenvalue weighted by Crippen LogP contribution is 2.19. The molecule has 0 aliphatic rings. The number of ether oxygens (including phenoxy) is 1. The lowest BCUT2D eigenvalue weighted by molar-refractivity contribution is 0.181. The Morgan fingerprint density at radius 1 is 1.32 bits per heavy atom. The molecule has 22 heavy (non-hydrogen) atoms. The number of hydrogen-bond acceptors (Lipinski definition) is 4. The first-order chi connectivity index (χ1) is 10.6. The van der Waals surface area contributed by atoms with Gasteiger partial charge in [-0.25, -0.2) is 4.68 Å². The molecular weight excluding hydrogens is 278 g/mol. The molecule has 0 radical (unpaired) electrons. The molecule has 0 aliphatic carbocycles. The summed E-state index contributed by atoms with van der Waals surface area (Å²) in [6.07, 6.45) is 0.992. The third-order valence-electron chi connectivity index (χ3n) is 3.66. The number of nitrogens with two attached hydrogens (primary N) is 1. The Labute approximate surface area is 130 Å². The van der Waals surface area contributed by atoms with E-state index in [1.807, 2.05) is 12.1 Å². The summed E-state index contributed by atoms with van der Waals surface area (Å²) < 4.78 is 6.48. The van der Waals surface area contributed by atoms with Crippen LogP contribution in [0.1, 0.15) is 31.0 Å². The summed E-state index contributed by atoms with van der Waals surface area (Å²) >= 11 is 0. The van der Waals surface area contributed by atoms with Crippen LogP contribution in [0.4, 0.5) is 0 Å². The monoisotopic (exact) mass is 301 g/mol. The number of hydrogen-bond donors (Lipinski definition) is 1. The molecule has 5 nitrogen and oxygen atoms in total. The topological polar surface area (TPSA) is 70.1 Å². The van der Waals surface area contributed by atoms with Crippen LogP contribution >= 0.6 is 0 Å². The molecule has 0 amide bonds. The minimum atomic E-state index is -0.335. The second-order valence-electron chi connectivity index (χ2n) is 5.35. The van der Waals surface area contributed by atoms with Crippen molar-refractivity contribution in [3.05, 3.63) is 51.8 Å². The Hall–Kier alpha value is -1.98. The summed E-state index contributed by atoms with van der Waals surface area (Å²) in [7, 11) is 1.60. The molecule has 2 N–H and O–H groups in total. The highest BCUT2D eigenvalue weighted by molar-refractivity contribution is 5.59. The quantitative estimate of drug-likeness (QED) is 0.887. The van der Waals surface area contributed by atoms with Crippen molar-refractivity contribution in [3.63, 3.8) is 0 Å². The van der Waals surface area contributed by atoms with Crippen LogP contribution in [0.3, 0.4) is 0 Å². The van der Waals surface area contributed by atoms with E-state index in [9.17, 15) is 4.79 Å². The molecule has 0 fully saturated rings. The van der Waals surface area contributed by atoms with E-state index in [2.05, 4.69) is 24.2 Å². The van der Waals surface area contributed by atoms with Gasteiger partial charge >= 0.3 is 0 Å². The van der Waals surface area contributed by atoms with Crippen LogP contribution < -0.4 is 11.3 Å². The Balaban J connectivity index is 2.49. The van der Waals surface area contributed by atoms with E-state index < -0.39 is 0 Å². The van der Waals surface area contributed by atoms with Crippen molar-refractivity contribution in [1.29, 1.82) is 0 Å². The molecule has 0 spiro atoms. The fourth-order valence-corrected chi connectivity index (χ4v) is 2.27. The van der Waals surface area contributed by atoms with E-state index in [4.69, 9.17) is 10.5 Å². The molecule has 1 unspecified atom stereocenters. The molecular formula is C17H23N3O2. The Kier molecular flexibility index (Phi) is 5.46. The number of nitrogens with zero attached hydrogens (tertiary/aromatic N) is 2. The molecule has 2 rings (SSSR count). The average molecular weight is 301 g/mol. The maximum absolute atomic E-state index is 12.4. The molecule has 0 bridgehead atoms. The van der Waals surface area contributed by atoms with Crippen LogP contribution in [-0.2, 0) is 17.7 Å². The van der Waals surface area contributed by atoms with Crippen molar-refractivity contribution in [3.8, 4) is 11.3 Å². The van der Waals surface area contributed by atoms with Gasteiger partial charge in [-0.3, -0.25) is 4.79 Å². The minimum Gasteiger partial charge on any atom is -0.383 e. The maximum Gasteiger partial charge on any atom is 0.271 e. The van der Waals surface area contributed by atoms with Gasteiger partial charge in [0.15, 0.2) is 0 Å². The summed E-state index contributed by atoms with van der Waals surface area (Å²) in [6.45, 7) is 4.77. The first-order valence-electron chi connectivity index (χ1n) is 7.52. The Bertz CT molecular complexity index is 675. The molecule has 1 heterocycles. The number of aromatic nitrogens is 2. The molecule has 0 aliphatic heterocycles. The zero-order valence-corrected chi connectivity index (χ0v) is 13.4. The Morgan fingerprint density at radius 3 is 2.55 bits per heavy atom. The standard InChI is InChI=1S/C17H23N3O2/c1-4-13-5-7-14(8-6-13)16-11-15(12(2)18)17(21)20(19-16)9-10-22-3/h5-8,11-12H,4,9-10,18H2,1-3H3. The van der Waals surface area contributed by atoms with Gasteiger partial charge in [0.1, 0.15) is 0 Å². The van der Waals surface area contributed by atoms with Gasteiger partial charge in [0.2, 0.25) is 0 Å². The van der Waals surface area contributed by atoms with Crippen molar-refractivity contribution in [2.75, 3.05) is 13.7 Å². The summed E-state index contributed by atoms with van der Waals surface area (Å²) in [6, 6.07) is 9.66. The fourth-order valence-electron chi connectivity index (χ4n) is 2.27. The molecule has 2 aromatic rings. The number of benzene rings is 1. The molecule has 1 aromatic carbocycles. The number of rotatable bonds is 6. The van der Waals surface area contributed by atoms with Gasteiger partial charge in [0.05, 0.1) is 18.8 Å². The van der Waals surface area contributed by atoms with Crippen molar-refractivity contribution in [1.82, 2.24) is 9.78 Å². The van der Waals surface area contributed by atoms with Crippen molar-refractivity contribution in [2.24, 2.45) is 5.73 Å². The van der Waals surface area contributed by atoms with E-state index in [0.29, 0.717) is 18.7 Å². The molecule has 1 atom stereocenters. The zero-order valence-electron chi connectivity index (χ0n) is 13.4. The lowest BCUT2D eigenvalue weighted by Crippen LogP contribution is -2.30. The van der Waals surface area contributed by atoms with Gasteiger partial charge in [0.25, 0.3) is 5.56 Å². The lowest BCUT2D eigenvalue weighted by atomic mass is 10.0. The first kappa shape index (κ1) is 16.4. The van der Waals surface area contributed by atoms with Gasteiger partial charge < -0.3 is 10.5 Å². The van der Waals surface area contributed by atoms with Gasteiger partial charge in [-0.15, -0.1) is 0 Å². The smallest absolute Gasteiger partial charge is 0.271 e. The average Bonchev–Trinajstić information content (AvgIpc) is 2.53.